The Morgan fingerprint density at radius 2 is 2.11 bits per heavy atom. The zero-order valence-electron chi connectivity index (χ0n) is 9.34. The van der Waals surface area contributed by atoms with Gasteiger partial charge in [-0.1, -0.05) is 12.1 Å². The lowest BCUT2D eigenvalue weighted by molar-refractivity contribution is 0.0691. The van der Waals surface area contributed by atoms with Crippen LogP contribution in [-0.4, -0.2) is 16.1 Å². The summed E-state index contributed by atoms with van der Waals surface area (Å²) in [4.78, 5) is 15.2. The first-order chi connectivity index (χ1) is 8.68. The van der Waals surface area contributed by atoms with Crippen LogP contribution in [0.3, 0.4) is 0 Å². The number of pyridine rings is 1. The van der Waals surface area contributed by atoms with Crippen molar-refractivity contribution in [3.05, 3.63) is 58.3 Å². The normalized spacial score (nSPS) is 10.1. The molecular formula is C13H10BrNO3. The summed E-state index contributed by atoms with van der Waals surface area (Å²) < 4.78 is 6.13. The predicted octanol–water partition coefficient (Wildman–Crippen LogP) is 3.12. The Morgan fingerprint density at radius 3 is 2.78 bits per heavy atom. The molecule has 0 saturated heterocycles. The van der Waals surface area contributed by atoms with Crippen LogP contribution in [0.5, 0.6) is 5.75 Å². The Kier molecular flexibility index (Phi) is 3.94. The Morgan fingerprint density at radius 1 is 1.28 bits per heavy atom. The smallest absolute Gasteiger partial charge is 0.339 e. The van der Waals surface area contributed by atoms with Crippen LogP contribution in [0.15, 0.2) is 47.1 Å². The molecule has 0 saturated carbocycles. The predicted molar refractivity (Wildman–Crippen MR) is 69.7 cm³/mol. The van der Waals surface area contributed by atoms with Gasteiger partial charge < -0.3 is 9.84 Å². The average Bonchev–Trinajstić information content (AvgIpc) is 2.38. The Balaban J connectivity index is 2.21. The second-order valence-electron chi connectivity index (χ2n) is 3.53. The fourth-order valence-corrected chi connectivity index (χ4v) is 1.93. The average molecular weight is 308 g/mol. The molecular weight excluding hydrogens is 298 g/mol. The number of para-hydroxylation sites is 1. The number of ether oxygens (including phenoxy) is 1. The summed E-state index contributed by atoms with van der Waals surface area (Å²) in [6.45, 7) is 0.226. The Hall–Kier alpha value is -1.88. The van der Waals surface area contributed by atoms with Crippen molar-refractivity contribution in [3.63, 3.8) is 0 Å². The second kappa shape index (κ2) is 5.64. The van der Waals surface area contributed by atoms with E-state index in [4.69, 9.17) is 9.84 Å². The molecule has 0 aliphatic heterocycles. The summed E-state index contributed by atoms with van der Waals surface area (Å²) in [5.74, 6) is -0.706. The van der Waals surface area contributed by atoms with Crippen LogP contribution in [0.2, 0.25) is 0 Å². The van der Waals surface area contributed by atoms with Gasteiger partial charge in [-0.2, -0.15) is 0 Å². The number of carboxylic acids is 1. The zero-order valence-corrected chi connectivity index (χ0v) is 10.9. The fourth-order valence-electron chi connectivity index (χ4n) is 1.45. The van der Waals surface area contributed by atoms with Crippen LogP contribution in [0.25, 0.3) is 0 Å². The second-order valence-corrected chi connectivity index (χ2v) is 4.39. The fraction of sp³-hybridized carbons (Fsp3) is 0.0769. The third-order valence-corrected chi connectivity index (χ3v) is 2.91. The molecule has 0 fully saturated rings. The first-order valence-electron chi connectivity index (χ1n) is 5.23. The Labute approximate surface area is 112 Å². The third-order valence-electron chi connectivity index (χ3n) is 2.29. The molecule has 1 aromatic heterocycles. The van der Waals surface area contributed by atoms with Gasteiger partial charge in [0.25, 0.3) is 0 Å². The number of hydrogen-bond acceptors (Lipinski definition) is 3. The molecule has 18 heavy (non-hydrogen) atoms. The number of hydrogen-bond donors (Lipinski definition) is 1. The van der Waals surface area contributed by atoms with E-state index in [0.717, 1.165) is 5.69 Å². The van der Waals surface area contributed by atoms with Gasteiger partial charge in [0.05, 0.1) is 10.2 Å². The van der Waals surface area contributed by atoms with Crippen molar-refractivity contribution in [3.8, 4) is 5.75 Å². The number of aromatic carboxylic acids is 1. The van der Waals surface area contributed by atoms with Crippen LogP contribution in [-0.2, 0) is 6.61 Å². The Bertz CT molecular complexity index is 557. The van der Waals surface area contributed by atoms with E-state index in [-0.39, 0.29) is 12.2 Å². The van der Waals surface area contributed by atoms with Gasteiger partial charge in [0.2, 0.25) is 0 Å². The van der Waals surface area contributed by atoms with E-state index in [1.807, 2.05) is 18.2 Å². The van der Waals surface area contributed by atoms with E-state index >= 15 is 0 Å². The zero-order chi connectivity index (χ0) is 13.0. The monoisotopic (exact) mass is 307 g/mol. The van der Waals surface area contributed by atoms with E-state index in [1.54, 1.807) is 18.3 Å². The molecule has 5 heteroatoms. The minimum Gasteiger partial charge on any atom is -0.485 e. The number of rotatable bonds is 4. The van der Waals surface area contributed by atoms with Gasteiger partial charge in [0.15, 0.2) is 0 Å². The topological polar surface area (TPSA) is 59.4 Å². The van der Waals surface area contributed by atoms with E-state index < -0.39 is 5.97 Å². The first-order valence-corrected chi connectivity index (χ1v) is 6.02. The molecule has 0 radical (unpaired) electrons. The lowest BCUT2D eigenvalue weighted by Crippen LogP contribution is -2.04. The summed E-state index contributed by atoms with van der Waals surface area (Å²) in [5, 5.41) is 9.07. The van der Waals surface area contributed by atoms with Gasteiger partial charge in [-0.25, -0.2) is 4.79 Å². The van der Waals surface area contributed by atoms with Crippen molar-refractivity contribution >= 4 is 21.9 Å². The number of benzene rings is 1. The molecule has 1 heterocycles. The molecule has 2 rings (SSSR count). The van der Waals surface area contributed by atoms with Crippen LogP contribution >= 0.6 is 15.9 Å². The highest BCUT2D eigenvalue weighted by molar-refractivity contribution is 9.10. The minimum atomic E-state index is -1.02. The van der Waals surface area contributed by atoms with E-state index in [2.05, 4.69) is 20.9 Å². The van der Waals surface area contributed by atoms with Crippen molar-refractivity contribution in [2.75, 3.05) is 0 Å². The molecule has 0 spiro atoms. The third kappa shape index (κ3) is 2.87. The van der Waals surface area contributed by atoms with Gasteiger partial charge in [-0.3, -0.25) is 4.98 Å². The molecule has 0 atom stereocenters. The number of carbonyl (C=O) groups is 1. The summed E-state index contributed by atoms with van der Waals surface area (Å²) in [5.41, 5.74) is 0.866. The van der Waals surface area contributed by atoms with Crippen LogP contribution in [0.4, 0.5) is 0 Å². The van der Waals surface area contributed by atoms with E-state index in [9.17, 15) is 4.79 Å². The lowest BCUT2D eigenvalue weighted by atomic mass is 10.2. The number of nitrogens with zero attached hydrogens (tertiary/aromatic N) is 1. The van der Waals surface area contributed by atoms with Crippen molar-refractivity contribution in [2.45, 2.75) is 6.61 Å². The van der Waals surface area contributed by atoms with Crippen LogP contribution in [0, 0.1) is 0 Å². The van der Waals surface area contributed by atoms with Gasteiger partial charge in [-0.05, 0) is 40.2 Å². The molecule has 0 bridgehead atoms. The molecule has 0 unspecified atom stereocenters. The SMILES string of the molecule is O=C(O)c1cccc(Br)c1OCc1ccccn1. The summed E-state index contributed by atoms with van der Waals surface area (Å²) in [7, 11) is 0. The van der Waals surface area contributed by atoms with Gasteiger partial charge in [0, 0.05) is 6.20 Å². The maximum absolute atomic E-state index is 11.1. The van der Waals surface area contributed by atoms with Crippen LogP contribution < -0.4 is 4.74 Å². The highest BCUT2D eigenvalue weighted by atomic mass is 79.9. The molecule has 0 aliphatic carbocycles. The highest BCUT2D eigenvalue weighted by Gasteiger charge is 2.14. The van der Waals surface area contributed by atoms with Crippen molar-refractivity contribution in [1.29, 1.82) is 0 Å². The van der Waals surface area contributed by atoms with Gasteiger partial charge in [0.1, 0.15) is 17.9 Å². The van der Waals surface area contributed by atoms with Crippen molar-refractivity contribution in [2.24, 2.45) is 0 Å². The van der Waals surface area contributed by atoms with Crippen molar-refractivity contribution in [1.82, 2.24) is 4.98 Å². The molecule has 1 N–H and O–H groups in total. The summed E-state index contributed by atoms with van der Waals surface area (Å²) >= 11 is 3.28. The quantitative estimate of drug-likeness (QED) is 0.943. The first kappa shape index (κ1) is 12.6. The number of aromatic nitrogens is 1. The standard InChI is InChI=1S/C13H10BrNO3/c14-11-6-3-5-10(13(16)17)12(11)18-8-9-4-1-2-7-15-9/h1-7H,8H2,(H,16,17). The molecule has 4 nitrogen and oxygen atoms in total. The molecule has 1 aromatic carbocycles. The van der Waals surface area contributed by atoms with Gasteiger partial charge in [-0.15, -0.1) is 0 Å². The summed E-state index contributed by atoms with van der Waals surface area (Å²) in [6.07, 6.45) is 1.66. The molecule has 0 amide bonds. The highest BCUT2D eigenvalue weighted by Crippen LogP contribution is 2.29. The van der Waals surface area contributed by atoms with Crippen molar-refractivity contribution < 1.29 is 14.6 Å². The number of carboxylic acid groups (broad SMARTS) is 1. The largest absolute Gasteiger partial charge is 0.485 e. The van der Waals surface area contributed by atoms with Gasteiger partial charge >= 0.3 is 5.97 Å². The molecule has 2 aromatic rings. The van der Waals surface area contributed by atoms with Crippen LogP contribution in [0.1, 0.15) is 16.1 Å². The van der Waals surface area contributed by atoms with E-state index in [0.29, 0.717) is 10.2 Å². The number of halogens is 1. The van der Waals surface area contributed by atoms with E-state index in [1.165, 1.54) is 6.07 Å². The minimum absolute atomic E-state index is 0.125. The maximum atomic E-state index is 11.1. The summed E-state index contributed by atoms with van der Waals surface area (Å²) in [6, 6.07) is 10.4. The molecule has 0 aliphatic rings. The molecule has 92 valence electrons. The lowest BCUT2D eigenvalue weighted by Gasteiger charge is -2.10. The maximum Gasteiger partial charge on any atom is 0.339 e.